The van der Waals surface area contributed by atoms with E-state index in [-0.39, 0.29) is 0 Å². The molecule has 15 heavy (non-hydrogen) atoms. The summed E-state index contributed by atoms with van der Waals surface area (Å²) in [7, 11) is 0. The molecule has 0 amide bonds. The molecule has 2 heterocycles. The monoisotopic (exact) mass is 225 g/mol. The van der Waals surface area contributed by atoms with Crippen molar-refractivity contribution in [2.24, 2.45) is 0 Å². The SMILES string of the molecule is Cc1nc(C(C)C)sc1N1CCNCC1. The molecule has 1 aromatic heterocycles. The Balaban J connectivity index is 2.19. The fourth-order valence-corrected chi connectivity index (χ4v) is 2.94. The van der Waals surface area contributed by atoms with Crippen molar-refractivity contribution in [3.05, 3.63) is 10.7 Å². The second kappa shape index (κ2) is 4.49. The summed E-state index contributed by atoms with van der Waals surface area (Å²) in [6.07, 6.45) is 0. The molecule has 0 aliphatic carbocycles. The number of aryl methyl sites for hydroxylation is 1. The van der Waals surface area contributed by atoms with Crippen molar-refractivity contribution in [2.75, 3.05) is 31.1 Å². The van der Waals surface area contributed by atoms with Crippen LogP contribution in [0.5, 0.6) is 0 Å². The first-order valence-electron chi connectivity index (χ1n) is 5.61. The molecule has 1 aromatic rings. The molecule has 0 radical (unpaired) electrons. The fraction of sp³-hybridized carbons (Fsp3) is 0.727. The Hall–Kier alpha value is -0.610. The molecule has 1 N–H and O–H groups in total. The Bertz CT molecular complexity index is 327. The van der Waals surface area contributed by atoms with Gasteiger partial charge in [-0.2, -0.15) is 0 Å². The van der Waals surface area contributed by atoms with Gasteiger partial charge in [0, 0.05) is 32.1 Å². The van der Waals surface area contributed by atoms with Gasteiger partial charge >= 0.3 is 0 Å². The van der Waals surface area contributed by atoms with Gasteiger partial charge in [0.25, 0.3) is 0 Å². The first-order chi connectivity index (χ1) is 7.18. The summed E-state index contributed by atoms with van der Waals surface area (Å²) in [5.41, 5.74) is 1.20. The van der Waals surface area contributed by atoms with E-state index in [0.29, 0.717) is 5.92 Å². The largest absolute Gasteiger partial charge is 0.359 e. The molecule has 0 atom stereocenters. The third-order valence-electron chi connectivity index (χ3n) is 2.69. The van der Waals surface area contributed by atoms with Crippen LogP contribution in [0.15, 0.2) is 0 Å². The van der Waals surface area contributed by atoms with Crippen molar-refractivity contribution in [1.82, 2.24) is 10.3 Å². The molecule has 0 unspecified atom stereocenters. The zero-order valence-corrected chi connectivity index (χ0v) is 10.5. The van der Waals surface area contributed by atoms with E-state index in [1.165, 1.54) is 15.7 Å². The quantitative estimate of drug-likeness (QED) is 0.834. The van der Waals surface area contributed by atoms with Crippen LogP contribution in [-0.4, -0.2) is 31.2 Å². The summed E-state index contributed by atoms with van der Waals surface area (Å²) >= 11 is 1.86. The Kier molecular flexibility index (Phi) is 3.26. The van der Waals surface area contributed by atoms with Crippen molar-refractivity contribution < 1.29 is 0 Å². The van der Waals surface area contributed by atoms with Crippen LogP contribution in [-0.2, 0) is 0 Å². The minimum absolute atomic E-state index is 0.547. The van der Waals surface area contributed by atoms with Gasteiger partial charge in [-0.05, 0) is 6.92 Å². The average Bonchev–Trinajstić information content (AvgIpc) is 2.62. The number of nitrogens with one attached hydrogen (secondary N) is 1. The highest BCUT2D eigenvalue weighted by Crippen LogP contribution is 2.32. The second-order valence-corrected chi connectivity index (χ2v) is 5.34. The number of rotatable bonds is 2. The standard InChI is InChI=1S/C11H19N3S/c1-8(2)10-13-9(3)11(15-10)14-6-4-12-5-7-14/h8,12H,4-7H2,1-3H3. The smallest absolute Gasteiger partial charge is 0.114 e. The molecule has 1 aliphatic heterocycles. The molecule has 3 nitrogen and oxygen atoms in total. The highest BCUT2D eigenvalue weighted by atomic mass is 32.1. The van der Waals surface area contributed by atoms with Gasteiger partial charge in [0.15, 0.2) is 0 Å². The van der Waals surface area contributed by atoms with Crippen molar-refractivity contribution in [2.45, 2.75) is 26.7 Å². The lowest BCUT2D eigenvalue weighted by Crippen LogP contribution is -2.43. The van der Waals surface area contributed by atoms with Gasteiger partial charge in [-0.25, -0.2) is 4.98 Å². The number of hydrogen-bond acceptors (Lipinski definition) is 4. The minimum atomic E-state index is 0.547. The van der Waals surface area contributed by atoms with Gasteiger partial charge in [0.05, 0.1) is 10.7 Å². The average molecular weight is 225 g/mol. The third-order valence-corrected chi connectivity index (χ3v) is 4.21. The van der Waals surface area contributed by atoms with E-state index in [0.717, 1.165) is 26.2 Å². The number of piperazine rings is 1. The third kappa shape index (κ3) is 2.32. The predicted octanol–water partition coefficient (Wildman–Crippen LogP) is 1.98. The summed E-state index contributed by atoms with van der Waals surface area (Å²) in [6, 6.07) is 0. The van der Waals surface area contributed by atoms with Gasteiger partial charge in [-0.15, -0.1) is 11.3 Å². The second-order valence-electron chi connectivity index (χ2n) is 4.33. The van der Waals surface area contributed by atoms with Gasteiger partial charge in [-0.3, -0.25) is 0 Å². The lowest BCUT2D eigenvalue weighted by atomic mass is 10.2. The van der Waals surface area contributed by atoms with Crippen LogP contribution in [0.25, 0.3) is 0 Å². The van der Waals surface area contributed by atoms with Crippen molar-refractivity contribution >= 4 is 16.3 Å². The van der Waals surface area contributed by atoms with Gasteiger partial charge in [0.2, 0.25) is 0 Å². The van der Waals surface area contributed by atoms with Crippen LogP contribution in [0.1, 0.15) is 30.5 Å². The first kappa shape index (κ1) is 10.9. The molecular weight excluding hydrogens is 206 g/mol. The van der Waals surface area contributed by atoms with Crippen molar-refractivity contribution in [1.29, 1.82) is 0 Å². The maximum atomic E-state index is 4.64. The van der Waals surface area contributed by atoms with E-state index in [9.17, 15) is 0 Å². The molecule has 0 spiro atoms. The molecule has 1 saturated heterocycles. The number of hydrogen-bond donors (Lipinski definition) is 1. The topological polar surface area (TPSA) is 28.2 Å². The summed E-state index contributed by atoms with van der Waals surface area (Å²) in [5, 5.41) is 6.02. The summed E-state index contributed by atoms with van der Waals surface area (Å²) < 4.78 is 0. The van der Waals surface area contributed by atoms with Gasteiger partial charge < -0.3 is 10.2 Å². The summed E-state index contributed by atoms with van der Waals surface area (Å²) in [6.45, 7) is 10.9. The molecule has 1 aliphatic rings. The molecule has 84 valence electrons. The van der Waals surface area contributed by atoms with E-state index in [4.69, 9.17) is 0 Å². The molecule has 0 saturated carbocycles. The summed E-state index contributed by atoms with van der Waals surface area (Å²) in [5.74, 6) is 0.547. The zero-order valence-electron chi connectivity index (χ0n) is 9.71. The van der Waals surface area contributed by atoms with E-state index < -0.39 is 0 Å². The number of anilines is 1. The van der Waals surface area contributed by atoms with Crippen LogP contribution in [0.2, 0.25) is 0 Å². The predicted molar refractivity (Wildman–Crippen MR) is 66.0 cm³/mol. The number of nitrogens with zero attached hydrogens (tertiary/aromatic N) is 2. The molecule has 0 aromatic carbocycles. The number of aromatic nitrogens is 1. The molecule has 2 rings (SSSR count). The normalized spacial score (nSPS) is 17.5. The van der Waals surface area contributed by atoms with Crippen LogP contribution >= 0.6 is 11.3 Å². The van der Waals surface area contributed by atoms with E-state index >= 15 is 0 Å². The molecular formula is C11H19N3S. The fourth-order valence-electron chi connectivity index (χ4n) is 1.82. The van der Waals surface area contributed by atoms with Crippen molar-refractivity contribution in [3.8, 4) is 0 Å². The van der Waals surface area contributed by atoms with Crippen LogP contribution in [0.3, 0.4) is 0 Å². The van der Waals surface area contributed by atoms with E-state index in [1.807, 2.05) is 11.3 Å². The highest BCUT2D eigenvalue weighted by molar-refractivity contribution is 7.16. The van der Waals surface area contributed by atoms with Crippen LogP contribution in [0, 0.1) is 6.92 Å². The Morgan fingerprint density at radius 3 is 2.53 bits per heavy atom. The first-order valence-corrected chi connectivity index (χ1v) is 6.43. The van der Waals surface area contributed by atoms with E-state index in [1.54, 1.807) is 0 Å². The molecule has 4 heteroatoms. The van der Waals surface area contributed by atoms with Gasteiger partial charge in [-0.1, -0.05) is 13.8 Å². The van der Waals surface area contributed by atoms with Crippen molar-refractivity contribution in [3.63, 3.8) is 0 Å². The maximum absolute atomic E-state index is 4.64. The molecule has 1 fully saturated rings. The minimum Gasteiger partial charge on any atom is -0.359 e. The molecule has 0 bridgehead atoms. The van der Waals surface area contributed by atoms with Gasteiger partial charge in [0.1, 0.15) is 5.00 Å². The maximum Gasteiger partial charge on any atom is 0.114 e. The number of thiazole rings is 1. The summed E-state index contributed by atoms with van der Waals surface area (Å²) in [4.78, 5) is 7.10. The Morgan fingerprint density at radius 1 is 1.33 bits per heavy atom. The highest BCUT2D eigenvalue weighted by Gasteiger charge is 2.17. The van der Waals surface area contributed by atoms with E-state index in [2.05, 4.69) is 36.0 Å². The van der Waals surface area contributed by atoms with Crippen LogP contribution in [0.4, 0.5) is 5.00 Å². The van der Waals surface area contributed by atoms with Crippen LogP contribution < -0.4 is 10.2 Å². The Labute approximate surface area is 95.5 Å². The lowest BCUT2D eigenvalue weighted by molar-refractivity contribution is 0.591. The Morgan fingerprint density at radius 2 is 2.00 bits per heavy atom. The lowest BCUT2D eigenvalue weighted by Gasteiger charge is -2.28. The zero-order chi connectivity index (χ0) is 10.8.